The number of carbonyl (C=O) groups excluding carboxylic acids is 1. The van der Waals surface area contributed by atoms with Crippen molar-refractivity contribution in [1.29, 1.82) is 0 Å². The third-order valence-corrected chi connectivity index (χ3v) is 2.34. The SMILES string of the molecule is CC(C)(C)OC(=O)CNCc1cc(Cl)ccc1N. The van der Waals surface area contributed by atoms with E-state index in [2.05, 4.69) is 5.32 Å². The molecule has 1 rings (SSSR count). The molecule has 0 saturated carbocycles. The van der Waals surface area contributed by atoms with Crippen LogP contribution in [0.1, 0.15) is 26.3 Å². The van der Waals surface area contributed by atoms with Crippen LogP contribution >= 0.6 is 11.6 Å². The molecule has 100 valence electrons. The lowest BCUT2D eigenvalue weighted by molar-refractivity contribution is -0.153. The summed E-state index contributed by atoms with van der Waals surface area (Å²) in [5.74, 6) is -0.289. The Balaban J connectivity index is 2.42. The molecular weight excluding hydrogens is 252 g/mol. The third-order valence-electron chi connectivity index (χ3n) is 2.11. The summed E-state index contributed by atoms with van der Waals surface area (Å²) in [5, 5.41) is 3.60. The molecule has 0 unspecified atom stereocenters. The number of nitrogen functional groups attached to an aromatic ring is 1. The number of halogens is 1. The van der Waals surface area contributed by atoms with Gasteiger partial charge in [0.05, 0.1) is 6.54 Å². The predicted molar refractivity (Wildman–Crippen MR) is 73.4 cm³/mol. The van der Waals surface area contributed by atoms with Crippen LogP contribution in [-0.2, 0) is 16.1 Å². The van der Waals surface area contributed by atoms with E-state index < -0.39 is 5.60 Å². The van der Waals surface area contributed by atoms with Gasteiger partial charge in [0.15, 0.2) is 0 Å². The first-order valence-corrected chi connectivity index (χ1v) is 6.12. The second-order valence-corrected chi connectivity index (χ2v) is 5.47. The van der Waals surface area contributed by atoms with Crippen LogP contribution in [0.15, 0.2) is 18.2 Å². The fraction of sp³-hybridized carbons (Fsp3) is 0.462. The summed E-state index contributed by atoms with van der Waals surface area (Å²) in [7, 11) is 0. The molecule has 0 radical (unpaired) electrons. The number of benzene rings is 1. The second-order valence-electron chi connectivity index (χ2n) is 5.03. The van der Waals surface area contributed by atoms with Gasteiger partial charge in [-0.3, -0.25) is 4.79 Å². The molecule has 3 N–H and O–H groups in total. The van der Waals surface area contributed by atoms with E-state index in [1.807, 2.05) is 20.8 Å². The Morgan fingerprint density at radius 2 is 2.11 bits per heavy atom. The highest BCUT2D eigenvalue weighted by Gasteiger charge is 2.15. The van der Waals surface area contributed by atoms with Gasteiger partial charge in [-0.15, -0.1) is 0 Å². The minimum Gasteiger partial charge on any atom is -0.459 e. The summed E-state index contributed by atoms with van der Waals surface area (Å²) in [6.45, 7) is 6.12. The van der Waals surface area contributed by atoms with Crippen LogP contribution in [0.4, 0.5) is 5.69 Å². The monoisotopic (exact) mass is 270 g/mol. The number of carbonyl (C=O) groups is 1. The largest absolute Gasteiger partial charge is 0.459 e. The van der Waals surface area contributed by atoms with Gasteiger partial charge < -0.3 is 15.8 Å². The molecule has 0 aliphatic rings. The summed E-state index contributed by atoms with van der Waals surface area (Å²) in [6.07, 6.45) is 0. The average molecular weight is 271 g/mol. The first kappa shape index (κ1) is 14.8. The summed E-state index contributed by atoms with van der Waals surface area (Å²) >= 11 is 5.87. The molecule has 0 aliphatic heterocycles. The van der Waals surface area contributed by atoms with Gasteiger partial charge in [0.2, 0.25) is 0 Å². The number of hydrogen-bond acceptors (Lipinski definition) is 4. The number of esters is 1. The molecule has 0 amide bonds. The first-order chi connectivity index (χ1) is 8.28. The molecule has 1 aromatic rings. The van der Waals surface area contributed by atoms with Crippen molar-refractivity contribution >= 4 is 23.3 Å². The number of ether oxygens (including phenoxy) is 1. The van der Waals surface area contributed by atoms with Crippen LogP contribution in [0, 0.1) is 0 Å². The topological polar surface area (TPSA) is 64.3 Å². The molecule has 4 nitrogen and oxygen atoms in total. The van der Waals surface area contributed by atoms with E-state index >= 15 is 0 Å². The third kappa shape index (κ3) is 5.38. The van der Waals surface area contributed by atoms with Crippen LogP contribution in [0.25, 0.3) is 0 Å². The molecule has 0 saturated heterocycles. The van der Waals surface area contributed by atoms with Crippen molar-refractivity contribution in [3.8, 4) is 0 Å². The molecule has 0 aromatic heterocycles. The van der Waals surface area contributed by atoms with Gasteiger partial charge >= 0.3 is 5.97 Å². The molecule has 0 atom stereocenters. The van der Waals surface area contributed by atoms with Crippen LogP contribution < -0.4 is 11.1 Å². The maximum atomic E-state index is 11.5. The maximum absolute atomic E-state index is 11.5. The number of anilines is 1. The molecule has 0 spiro atoms. The Labute approximate surface area is 112 Å². The zero-order valence-electron chi connectivity index (χ0n) is 10.9. The Kier molecular flexibility index (Phi) is 4.99. The molecule has 0 aliphatic carbocycles. The van der Waals surface area contributed by atoms with Crippen molar-refractivity contribution in [2.75, 3.05) is 12.3 Å². The van der Waals surface area contributed by atoms with Crippen molar-refractivity contribution < 1.29 is 9.53 Å². The van der Waals surface area contributed by atoms with Gasteiger partial charge in [-0.1, -0.05) is 11.6 Å². The summed E-state index contributed by atoms with van der Waals surface area (Å²) in [6, 6.07) is 5.25. The Morgan fingerprint density at radius 3 is 2.72 bits per heavy atom. The van der Waals surface area contributed by atoms with Crippen molar-refractivity contribution in [3.63, 3.8) is 0 Å². The van der Waals surface area contributed by atoms with E-state index in [0.717, 1.165) is 5.56 Å². The predicted octanol–water partition coefficient (Wildman–Crippen LogP) is 2.35. The van der Waals surface area contributed by atoms with Crippen molar-refractivity contribution in [3.05, 3.63) is 28.8 Å². The summed E-state index contributed by atoms with van der Waals surface area (Å²) in [4.78, 5) is 11.5. The average Bonchev–Trinajstić information content (AvgIpc) is 2.20. The summed E-state index contributed by atoms with van der Waals surface area (Å²) in [5.41, 5.74) is 6.84. The zero-order valence-corrected chi connectivity index (χ0v) is 11.7. The normalized spacial score (nSPS) is 11.3. The van der Waals surface area contributed by atoms with Gasteiger partial charge in [-0.2, -0.15) is 0 Å². The fourth-order valence-corrected chi connectivity index (χ4v) is 1.60. The van der Waals surface area contributed by atoms with E-state index in [9.17, 15) is 4.79 Å². The zero-order chi connectivity index (χ0) is 13.8. The lowest BCUT2D eigenvalue weighted by atomic mass is 10.2. The van der Waals surface area contributed by atoms with Crippen molar-refractivity contribution in [2.24, 2.45) is 0 Å². The highest BCUT2D eigenvalue weighted by atomic mass is 35.5. The molecule has 0 heterocycles. The molecule has 1 aromatic carbocycles. The van der Waals surface area contributed by atoms with Gasteiger partial charge in [0, 0.05) is 17.3 Å². The van der Waals surface area contributed by atoms with E-state index in [-0.39, 0.29) is 12.5 Å². The standard InChI is InChI=1S/C13H19ClN2O2/c1-13(2,3)18-12(17)8-16-7-9-6-10(14)4-5-11(9)15/h4-6,16H,7-8,15H2,1-3H3. The lowest BCUT2D eigenvalue weighted by Crippen LogP contribution is -2.31. The fourth-order valence-electron chi connectivity index (χ4n) is 1.40. The van der Waals surface area contributed by atoms with Gasteiger partial charge in [0.1, 0.15) is 5.60 Å². The first-order valence-electron chi connectivity index (χ1n) is 5.74. The smallest absolute Gasteiger partial charge is 0.320 e. The lowest BCUT2D eigenvalue weighted by Gasteiger charge is -2.19. The minimum absolute atomic E-state index is 0.142. The molecule has 0 bridgehead atoms. The molecule has 18 heavy (non-hydrogen) atoms. The van der Waals surface area contributed by atoms with Crippen molar-refractivity contribution in [2.45, 2.75) is 32.9 Å². The number of nitrogens with one attached hydrogen (secondary N) is 1. The van der Waals surface area contributed by atoms with Crippen LogP contribution in [0.3, 0.4) is 0 Å². The number of rotatable bonds is 4. The van der Waals surface area contributed by atoms with Gasteiger partial charge in [-0.25, -0.2) is 0 Å². The quantitative estimate of drug-likeness (QED) is 0.651. The maximum Gasteiger partial charge on any atom is 0.320 e. The number of hydrogen-bond donors (Lipinski definition) is 2. The minimum atomic E-state index is -0.464. The van der Waals surface area contributed by atoms with Gasteiger partial charge in [-0.05, 0) is 44.5 Å². The van der Waals surface area contributed by atoms with E-state index in [1.165, 1.54) is 0 Å². The molecular formula is C13H19ClN2O2. The van der Waals surface area contributed by atoms with Crippen LogP contribution in [-0.4, -0.2) is 18.1 Å². The highest BCUT2D eigenvalue weighted by Crippen LogP contribution is 2.17. The number of nitrogens with two attached hydrogens (primary N) is 1. The Morgan fingerprint density at radius 1 is 1.44 bits per heavy atom. The van der Waals surface area contributed by atoms with Crippen LogP contribution in [0.2, 0.25) is 5.02 Å². The second kappa shape index (κ2) is 6.07. The highest BCUT2D eigenvalue weighted by molar-refractivity contribution is 6.30. The summed E-state index contributed by atoms with van der Waals surface area (Å²) < 4.78 is 5.17. The van der Waals surface area contributed by atoms with Crippen LogP contribution in [0.5, 0.6) is 0 Å². The van der Waals surface area contributed by atoms with Gasteiger partial charge in [0.25, 0.3) is 0 Å². The van der Waals surface area contributed by atoms with E-state index in [4.69, 9.17) is 22.1 Å². The molecule has 0 fully saturated rings. The van der Waals surface area contributed by atoms with E-state index in [0.29, 0.717) is 17.3 Å². The Bertz CT molecular complexity index is 427. The molecule has 5 heteroatoms. The van der Waals surface area contributed by atoms with E-state index in [1.54, 1.807) is 18.2 Å². The van der Waals surface area contributed by atoms with Crippen molar-refractivity contribution in [1.82, 2.24) is 5.32 Å². The Hall–Kier alpha value is -1.26.